The Bertz CT molecular complexity index is 316. The summed E-state index contributed by atoms with van der Waals surface area (Å²) in [5, 5.41) is 0. The summed E-state index contributed by atoms with van der Waals surface area (Å²) in [5.74, 6) is 2.04. The fourth-order valence-electron chi connectivity index (χ4n) is 1.89. The summed E-state index contributed by atoms with van der Waals surface area (Å²) >= 11 is 4.18. The Morgan fingerprint density at radius 1 is 1.64 bits per heavy atom. The van der Waals surface area contributed by atoms with Gasteiger partial charge in [-0.2, -0.15) is 12.6 Å². The number of likely N-dealkylation sites (N-methyl/N-ethyl adjacent to an activating group) is 1. The van der Waals surface area contributed by atoms with Crippen molar-refractivity contribution in [2.75, 3.05) is 20.1 Å². The summed E-state index contributed by atoms with van der Waals surface area (Å²) < 4.78 is 0. The number of rotatable bonds is 2. The first kappa shape index (κ1) is 9.93. The predicted octanol–water partition coefficient (Wildman–Crippen LogP) is 1.33. The van der Waals surface area contributed by atoms with Crippen LogP contribution in [0.4, 0.5) is 0 Å². The van der Waals surface area contributed by atoms with E-state index in [1.165, 1.54) is 18.7 Å². The molecule has 2 heterocycles. The SMILES string of the molecule is CN1CCC(c2ccnc(CS)n2)C1. The molecule has 0 amide bonds. The van der Waals surface area contributed by atoms with Crippen molar-refractivity contribution in [2.45, 2.75) is 18.1 Å². The van der Waals surface area contributed by atoms with Gasteiger partial charge in [0.15, 0.2) is 0 Å². The molecule has 2 rings (SSSR count). The first-order chi connectivity index (χ1) is 6.79. The standard InChI is InChI=1S/C10H15N3S/c1-13-5-3-8(6-13)9-2-4-11-10(7-14)12-9/h2,4,8,14H,3,5-7H2,1H3. The zero-order valence-electron chi connectivity index (χ0n) is 8.35. The van der Waals surface area contributed by atoms with E-state index >= 15 is 0 Å². The van der Waals surface area contributed by atoms with E-state index in [1.807, 2.05) is 12.3 Å². The van der Waals surface area contributed by atoms with Crippen molar-refractivity contribution >= 4 is 12.6 Å². The third kappa shape index (κ3) is 2.07. The number of nitrogens with zero attached hydrogens (tertiary/aromatic N) is 3. The van der Waals surface area contributed by atoms with Crippen molar-refractivity contribution in [3.05, 3.63) is 23.8 Å². The van der Waals surface area contributed by atoms with Crippen LogP contribution in [-0.4, -0.2) is 35.0 Å². The maximum Gasteiger partial charge on any atom is 0.138 e. The lowest BCUT2D eigenvalue weighted by Gasteiger charge is -2.10. The molecule has 0 aliphatic carbocycles. The number of aromatic nitrogens is 2. The van der Waals surface area contributed by atoms with Crippen LogP contribution in [0, 0.1) is 0 Å². The summed E-state index contributed by atoms with van der Waals surface area (Å²) in [7, 11) is 2.15. The number of thiol groups is 1. The first-order valence-corrected chi connectivity index (χ1v) is 5.54. The Labute approximate surface area is 90.0 Å². The molecule has 14 heavy (non-hydrogen) atoms. The van der Waals surface area contributed by atoms with E-state index in [9.17, 15) is 0 Å². The van der Waals surface area contributed by atoms with Gasteiger partial charge in [0.1, 0.15) is 5.82 Å². The minimum Gasteiger partial charge on any atom is -0.306 e. The molecule has 76 valence electrons. The van der Waals surface area contributed by atoms with Crippen molar-refractivity contribution in [1.82, 2.24) is 14.9 Å². The highest BCUT2D eigenvalue weighted by atomic mass is 32.1. The Morgan fingerprint density at radius 3 is 3.14 bits per heavy atom. The average Bonchev–Trinajstić information content (AvgIpc) is 2.65. The predicted molar refractivity (Wildman–Crippen MR) is 59.6 cm³/mol. The van der Waals surface area contributed by atoms with Gasteiger partial charge in [0.05, 0.1) is 5.75 Å². The first-order valence-electron chi connectivity index (χ1n) is 4.91. The van der Waals surface area contributed by atoms with Crippen LogP contribution in [0.1, 0.15) is 23.9 Å². The zero-order valence-corrected chi connectivity index (χ0v) is 9.24. The molecule has 4 heteroatoms. The molecule has 0 saturated carbocycles. The van der Waals surface area contributed by atoms with Crippen LogP contribution in [0.5, 0.6) is 0 Å². The zero-order chi connectivity index (χ0) is 9.97. The second-order valence-corrected chi connectivity index (χ2v) is 4.12. The molecule has 0 bridgehead atoms. The Morgan fingerprint density at radius 2 is 2.50 bits per heavy atom. The van der Waals surface area contributed by atoms with Crippen LogP contribution < -0.4 is 0 Å². The van der Waals surface area contributed by atoms with Crippen molar-refractivity contribution in [3.63, 3.8) is 0 Å². The summed E-state index contributed by atoms with van der Waals surface area (Å²) in [5.41, 5.74) is 1.17. The molecule has 1 atom stereocenters. The maximum absolute atomic E-state index is 4.49. The van der Waals surface area contributed by atoms with Gasteiger partial charge in [0.2, 0.25) is 0 Å². The molecular weight excluding hydrogens is 194 g/mol. The quantitative estimate of drug-likeness (QED) is 0.745. The largest absolute Gasteiger partial charge is 0.306 e. The van der Waals surface area contributed by atoms with Crippen LogP contribution in [0.2, 0.25) is 0 Å². The second-order valence-electron chi connectivity index (χ2n) is 3.80. The second kappa shape index (κ2) is 4.28. The van der Waals surface area contributed by atoms with Gasteiger partial charge in [-0.05, 0) is 26.1 Å². The van der Waals surface area contributed by atoms with Gasteiger partial charge in [-0.1, -0.05) is 0 Å². The van der Waals surface area contributed by atoms with Crippen LogP contribution in [0.25, 0.3) is 0 Å². The van der Waals surface area contributed by atoms with Gasteiger partial charge >= 0.3 is 0 Å². The minimum atomic E-state index is 0.585. The maximum atomic E-state index is 4.49. The molecule has 0 radical (unpaired) electrons. The van der Waals surface area contributed by atoms with Gasteiger partial charge in [-0.3, -0.25) is 0 Å². The third-order valence-electron chi connectivity index (χ3n) is 2.68. The van der Waals surface area contributed by atoms with Gasteiger partial charge in [0, 0.05) is 24.4 Å². The third-order valence-corrected chi connectivity index (χ3v) is 2.96. The monoisotopic (exact) mass is 209 g/mol. The topological polar surface area (TPSA) is 29.0 Å². The molecule has 1 unspecified atom stereocenters. The molecule has 0 spiro atoms. The summed E-state index contributed by atoms with van der Waals surface area (Å²) in [6.45, 7) is 2.29. The summed E-state index contributed by atoms with van der Waals surface area (Å²) in [6, 6.07) is 2.02. The molecule has 1 saturated heterocycles. The van der Waals surface area contributed by atoms with E-state index in [2.05, 4.69) is 34.5 Å². The molecule has 1 aromatic heterocycles. The summed E-state index contributed by atoms with van der Waals surface area (Å²) in [4.78, 5) is 11.0. The van der Waals surface area contributed by atoms with E-state index in [0.717, 1.165) is 12.4 Å². The highest BCUT2D eigenvalue weighted by Gasteiger charge is 2.22. The molecule has 3 nitrogen and oxygen atoms in total. The van der Waals surface area contributed by atoms with Gasteiger partial charge in [0.25, 0.3) is 0 Å². The van der Waals surface area contributed by atoms with Crippen molar-refractivity contribution in [3.8, 4) is 0 Å². The number of likely N-dealkylation sites (tertiary alicyclic amines) is 1. The van der Waals surface area contributed by atoms with Crippen LogP contribution in [0.15, 0.2) is 12.3 Å². The Balaban J connectivity index is 2.15. The molecule has 0 N–H and O–H groups in total. The lowest BCUT2D eigenvalue weighted by Crippen LogP contribution is -2.14. The number of hydrogen-bond donors (Lipinski definition) is 1. The van der Waals surface area contributed by atoms with E-state index in [-0.39, 0.29) is 0 Å². The van der Waals surface area contributed by atoms with Crippen LogP contribution >= 0.6 is 12.6 Å². The molecular formula is C10H15N3S. The van der Waals surface area contributed by atoms with Crippen LogP contribution in [-0.2, 0) is 5.75 Å². The Hall–Kier alpha value is -0.610. The molecule has 1 aliphatic heterocycles. The lowest BCUT2D eigenvalue weighted by atomic mass is 10.1. The van der Waals surface area contributed by atoms with Crippen molar-refractivity contribution in [1.29, 1.82) is 0 Å². The highest BCUT2D eigenvalue weighted by molar-refractivity contribution is 7.79. The lowest BCUT2D eigenvalue weighted by molar-refractivity contribution is 0.410. The molecule has 1 fully saturated rings. The van der Waals surface area contributed by atoms with E-state index < -0.39 is 0 Å². The van der Waals surface area contributed by atoms with Crippen molar-refractivity contribution in [2.24, 2.45) is 0 Å². The smallest absolute Gasteiger partial charge is 0.138 e. The van der Waals surface area contributed by atoms with Crippen molar-refractivity contribution < 1.29 is 0 Å². The fraction of sp³-hybridized carbons (Fsp3) is 0.600. The van der Waals surface area contributed by atoms with E-state index in [1.54, 1.807) is 0 Å². The fourth-order valence-corrected chi connectivity index (χ4v) is 2.05. The van der Waals surface area contributed by atoms with Gasteiger partial charge < -0.3 is 4.90 Å². The molecule has 1 aliphatic rings. The highest BCUT2D eigenvalue weighted by Crippen LogP contribution is 2.24. The minimum absolute atomic E-state index is 0.585. The van der Waals surface area contributed by atoms with E-state index in [0.29, 0.717) is 11.7 Å². The average molecular weight is 209 g/mol. The number of hydrogen-bond acceptors (Lipinski definition) is 4. The van der Waals surface area contributed by atoms with E-state index in [4.69, 9.17) is 0 Å². The molecule has 0 aromatic carbocycles. The van der Waals surface area contributed by atoms with Crippen LogP contribution in [0.3, 0.4) is 0 Å². The molecule has 1 aromatic rings. The van der Waals surface area contributed by atoms with Gasteiger partial charge in [-0.25, -0.2) is 9.97 Å². The Kier molecular flexibility index (Phi) is 3.03. The van der Waals surface area contributed by atoms with Gasteiger partial charge in [-0.15, -0.1) is 0 Å². The normalized spacial score (nSPS) is 22.9. The summed E-state index contributed by atoms with van der Waals surface area (Å²) in [6.07, 6.45) is 3.05.